The molecular formula is C16H17N3O3S. The van der Waals surface area contributed by atoms with E-state index in [9.17, 15) is 13.2 Å². The molecule has 6 nitrogen and oxygen atoms in total. The van der Waals surface area contributed by atoms with Gasteiger partial charge in [0.05, 0.1) is 15.9 Å². The molecule has 23 heavy (non-hydrogen) atoms. The lowest BCUT2D eigenvalue weighted by Crippen LogP contribution is -2.28. The minimum Gasteiger partial charge on any atom is -0.399 e. The number of aromatic nitrogens is 2. The van der Waals surface area contributed by atoms with E-state index in [1.807, 2.05) is 6.92 Å². The van der Waals surface area contributed by atoms with Crippen LogP contribution in [0.2, 0.25) is 0 Å². The fourth-order valence-electron chi connectivity index (χ4n) is 2.56. The lowest BCUT2D eigenvalue weighted by Gasteiger charge is -2.07. The Morgan fingerprint density at radius 1 is 1.04 bits per heavy atom. The van der Waals surface area contributed by atoms with E-state index in [-0.39, 0.29) is 10.4 Å². The molecule has 0 saturated carbocycles. The summed E-state index contributed by atoms with van der Waals surface area (Å²) in [5.41, 5.74) is 7.34. The van der Waals surface area contributed by atoms with Crippen LogP contribution in [0.4, 0.5) is 5.69 Å². The molecule has 3 aromatic rings. The van der Waals surface area contributed by atoms with E-state index in [0.717, 1.165) is 16.0 Å². The first-order valence-electron chi connectivity index (χ1n) is 7.17. The molecule has 0 spiro atoms. The molecule has 7 heteroatoms. The van der Waals surface area contributed by atoms with Gasteiger partial charge in [0, 0.05) is 12.7 Å². The number of nitrogen functional groups attached to an aromatic ring is 1. The highest BCUT2D eigenvalue weighted by atomic mass is 32.2. The predicted molar refractivity (Wildman–Crippen MR) is 90.0 cm³/mol. The molecule has 0 fully saturated rings. The third-order valence-electron chi connectivity index (χ3n) is 3.91. The van der Waals surface area contributed by atoms with Gasteiger partial charge >= 0.3 is 5.69 Å². The highest BCUT2D eigenvalue weighted by Gasteiger charge is 2.24. The summed E-state index contributed by atoms with van der Waals surface area (Å²) in [6.45, 7) is 1.99. The number of imidazole rings is 1. The van der Waals surface area contributed by atoms with Gasteiger partial charge in [0.2, 0.25) is 0 Å². The number of benzene rings is 2. The molecule has 0 aliphatic rings. The van der Waals surface area contributed by atoms with Crippen molar-refractivity contribution in [2.45, 2.75) is 18.2 Å². The molecule has 0 aliphatic carbocycles. The number of fused-ring (bicyclic) bond motifs is 1. The van der Waals surface area contributed by atoms with E-state index in [2.05, 4.69) is 0 Å². The topological polar surface area (TPSA) is 87.1 Å². The standard InChI is InChI=1S/C16H17N3O3S/c1-3-11-4-7-13(8-5-11)23(21,22)19-15-10-12(17)6-9-14(15)18(2)16(19)20/h4-10H,3,17H2,1-2H3. The van der Waals surface area contributed by atoms with Crippen molar-refractivity contribution >= 4 is 26.7 Å². The zero-order valence-corrected chi connectivity index (χ0v) is 13.7. The Morgan fingerprint density at radius 3 is 2.30 bits per heavy atom. The molecule has 0 radical (unpaired) electrons. The minimum atomic E-state index is -3.99. The predicted octanol–water partition coefficient (Wildman–Crippen LogP) is 1.72. The number of nitrogens with two attached hydrogens (primary N) is 1. The van der Waals surface area contributed by atoms with Gasteiger partial charge in [-0.15, -0.1) is 0 Å². The van der Waals surface area contributed by atoms with Gasteiger partial charge in [-0.25, -0.2) is 13.2 Å². The molecule has 1 heterocycles. The van der Waals surface area contributed by atoms with Gasteiger partial charge < -0.3 is 5.73 Å². The van der Waals surface area contributed by atoms with Crippen molar-refractivity contribution < 1.29 is 8.42 Å². The summed E-state index contributed by atoms with van der Waals surface area (Å²) in [5.74, 6) is 0. The summed E-state index contributed by atoms with van der Waals surface area (Å²) in [5, 5.41) is 0. The van der Waals surface area contributed by atoms with Crippen LogP contribution in [-0.2, 0) is 23.5 Å². The Labute approximate surface area is 133 Å². The highest BCUT2D eigenvalue weighted by molar-refractivity contribution is 7.90. The van der Waals surface area contributed by atoms with Gasteiger partial charge in [-0.2, -0.15) is 3.97 Å². The molecule has 0 aliphatic heterocycles. The molecule has 0 saturated heterocycles. The van der Waals surface area contributed by atoms with E-state index < -0.39 is 15.7 Å². The van der Waals surface area contributed by atoms with Crippen molar-refractivity contribution in [1.29, 1.82) is 0 Å². The van der Waals surface area contributed by atoms with Crippen LogP contribution in [0, 0.1) is 0 Å². The molecule has 0 bridgehead atoms. The summed E-state index contributed by atoms with van der Waals surface area (Å²) in [6, 6.07) is 11.3. The quantitative estimate of drug-likeness (QED) is 0.740. The molecule has 120 valence electrons. The second-order valence-electron chi connectivity index (χ2n) is 5.36. The largest absolute Gasteiger partial charge is 0.399 e. The number of aryl methyl sites for hydroxylation is 2. The first-order valence-corrected chi connectivity index (χ1v) is 8.61. The first-order chi connectivity index (χ1) is 10.9. The van der Waals surface area contributed by atoms with Gasteiger partial charge in [0.25, 0.3) is 10.0 Å². The van der Waals surface area contributed by atoms with Crippen LogP contribution in [0.25, 0.3) is 11.0 Å². The Bertz CT molecular complexity index is 1040. The maximum absolute atomic E-state index is 12.9. The van der Waals surface area contributed by atoms with E-state index in [4.69, 9.17) is 5.73 Å². The monoisotopic (exact) mass is 331 g/mol. The summed E-state index contributed by atoms with van der Waals surface area (Å²) < 4.78 is 27.9. The molecule has 2 aromatic carbocycles. The fourth-order valence-corrected chi connectivity index (χ4v) is 3.99. The summed E-state index contributed by atoms with van der Waals surface area (Å²) in [4.78, 5) is 12.5. The third-order valence-corrected chi connectivity index (χ3v) is 5.61. The van der Waals surface area contributed by atoms with Gasteiger partial charge in [-0.1, -0.05) is 19.1 Å². The SMILES string of the molecule is CCc1ccc(S(=O)(=O)n2c(=O)n(C)c3ccc(N)cc32)cc1. The average molecular weight is 331 g/mol. The van der Waals surface area contributed by atoms with Crippen LogP contribution >= 0.6 is 0 Å². The molecule has 3 rings (SSSR count). The van der Waals surface area contributed by atoms with Gasteiger partial charge in [-0.05, 0) is 42.3 Å². The maximum atomic E-state index is 12.9. The van der Waals surface area contributed by atoms with E-state index in [0.29, 0.717) is 11.2 Å². The van der Waals surface area contributed by atoms with Crippen molar-refractivity contribution in [3.05, 3.63) is 58.5 Å². The van der Waals surface area contributed by atoms with Crippen LogP contribution in [0.3, 0.4) is 0 Å². The van der Waals surface area contributed by atoms with Gasteiger partial charge in [0.15, 0.2) is 0 Å². The normalized spacial score (nSPS) is 11.9. The minimum absolute atomic E-state index is 0.0757. The molecular weight excluding hydrogens is 314 g/mol. The van der Waals surface area contributed by atoms with E-state index in [1.54, 1.807) is 24.3 Å². The van der Waals surface area contributed by atoms with Crippen molar-refractivity contribution in [2.24, 2.45) is 7.05 Å². The zero-order valence-electron chi connectivity index (χ0n) is 12.9. The van der Waals surface area contributed by atoms with Crippen molar-refractivity contribution in [3.8, 4) is 0 Å². The zero-order chi connectivity index (χ0) is 16.8. The van der Waals surface area contributed by atoms with E-state index >= 15 is 0 Å². The number of rotatable bonds is 3. The lowest BCUT2D eigenvalue weighted by atomic mass is 10.2. The van der Waals surface area contributed by atoms with Gasteiger partial charge in [0.1, 0.15) is 0 Å². The van der Waals surface area contributed by atoms with Crippen LogP contribution in [0.1, 0.15) is 12.5 Å². The Kier molecular flexibility index (Phi) is 3.52. The van der Waals surface area contributed by atoms with Crippen LogP contribution < -0.4 is 11.4 Å². The van der Waals surface area contributed by atoms with Crippen LogP contribution in [-0.4, -0.2) is 17.0 Å². The second kappa shape index (κ2) is 5.27. The Balaban J connectivity index is 2.32. The fraction of sp³-hybridized carbons (Fsp3) is 0.188. The van der Waals surface area contributed by atoms with Crippen LogP contribution in [0.5, 0.6) is 0 Å². The summed E-state index contributed by atoms with van der Waals surface area (Å²) >= 11 is 0. The number of hydrogen-bond acceptors (Lipinski definition) is 4. The number of nitrogens with zero attached hydrogens (tertiary/aromatic N) is 2. The van der Waals surface area contributed by atoms with Gasteiger partial charge in [-0.3, -0.25) is 4.57 Å². The lowest BCUT2D eigenvalue weighted by molar-refractivity contribution is 0.585. The molecule has 2 N–H and O–H groups in total. The summed E-state index contributed by atoms with van der Waals surface area (Å²) in [6.07, 6.45) is 0.811. The van der Waals surface area contributed by atoms with Crippen molar-refractivity contribution in [3.63, 3.8) is 0 Å². The molecule has 0 unspecified atom stereocenters. The average Bonchev–Trinajstić information content (AvgIpc) is 2.78. The molecule has 0 atom stereocenters. The first kappa shape index (κ1) is 15.4. The number of anilines is 1. The van der Waals surface area contributed by atoms with Crippen LogP contribution in [0.15, 0.2) is 52.2 Å². The molecule has 0 amide bonds. The highest BCUT2D eigenvalue weighted by Crippen LogP contribution is 2.21. The Hall–Kier alpha value is -2.54. The van der Waals surface area contributed by atoms with Crippen molar-refractivity contribution in [1.82, 2.24) is 8.54 Å². The maximum Gasteiger partial charge on any atom is 0.343 e. The smallest absolute Gasteiger partial charge is 0.343 e. The van der Waals surface area contributed by atoms with E-state index in [1.165, 1.54) is 29.8 Å². The molecule has 1 aromatic heterocycles. The second-order valence-corrected chi connectivity index (χ2v) is 7.14. The summed E-state index contributed by atoms with van der Waals surface area (Å²) in [7, 11) is -2.45. The third kappa shape index (κ3) is 2.33. The van der Waals surface area contributed by atoms with Crippen molar-refractivity contribution in [2.75, 3.05) is 5.73 Å². The number of hydrogen-bond donors (Lipinski definition) is 1. The Morgan fingerprint density at radius 2 is 1.70 bits per heavy atom.